The summed E-state index contributed by atoms with van der Waals surface area (Å²) in [6.07, 6.45) is 3.45. The predicted octanol–water partition coefficient (Wildman–Crippen LogP) is 2.07. The number of hydrogen-bond donors (Lipinski definition) is 1. The Balaban J connectivity index is 1.58. The Morgan fingerprint density at radius 2 is 2.35 bits per heavy atom. The molecule has 104 valence electrons. The van der Waals surface area contributed by atoms with Crippen molar-refractivity contribution in [1.29, 1.82) is 0 Å². The Morgan fingerprint density at radius 3 is 3.20 bits per heavy atom. The highest BCUT2D eigenvalue weighted by atomic mass is 19.1. The number of carbonyl (C=O) groups is 1. The first-order valence-corrected chi connectivity index (χ1v) is 6.76. The highest BCUT2D eigenvalue weighted by Crippen LogP contribution is 2.16. The quantitative estimate of drug-likeness (QED) is 0.930. The van der Waals surface area contributed by atoms with Crippen molar-refractivity contribution in [2.24, 2.45) is 0 Å². The topological polar surface area (TPSA) is 49.0 Å². The molecule has 0 fully saturated rings. The van der Waals surface area contributed by atoms with E-state index >= 15 is 0 Å². The number of carbonyl (C=O) groups excluding carboxylic acids is 1. The van der Waals surface area contributed by atoms with Crippen LogP contribution in [0.5, 0.6) is 0 Å². The molecule has 1 aromatic heterocycles. The van der Waals surface area contributed by atoms with Gasteiger partial charge in [-0.2, -0.15) is 0 Å². The van der Waals surface area contributed by atoms with Gasteiger partial charge in [-0.05, 0) is 24.1 Å². The lowest BCUT2D eigenvalue weighted by molar-refractivity contribution is -0.132. The monoisotopic (exact) mass is 273 g/mol. The second-order valence-corrected chi connectivity index (χ2v) is 5.02. The highest BCUT2D eigenvalue weighted by Gasteiger charge is 2.21. The lowest BCUT2D eigenvalue weighted by Gasteiger charge is -2.26. The van der Waals surface area contributed by atoms with Crippen molar-refractivity contribution in [1.82, 2.24) is 14.9 Å². The van der Waals surface area contributed by atoms with E-state index in [2.05, 4.69) is 9.97 Å². The summed E-state index contributed by atoms with van der Waals surface area (Å²) in [4.78, 5) is 21.3. The number of amides is 1. The fourth-order valence-electron chi connectivity index (χ4n) is 2.53. The van der Waals surface area contributed by atoms with Gasteiger partial charge in [-0.25, -0.2) is 9.37 Å². The van der Waals surface area contributed by atoms with E-state index in [0.29, 0.717) is 25.9 Å². The van der Waals surface area contributed by atoms with Crippen LogP contribution in [0.1, 0.15) is 23.4 Å². The standard InChI is InChI=1S/C15H16FN3O/c16-12-3-1-2-11(8-12)4-5-15(20)19-7-6-13-14(9-19)18-10-17-13/h1-3,8,10H,4-7,9H2,(H,17,18). The molecule has 0 bridgehead atoms. The summed E-state index contributed by atoms with van der Waals surface area (Å²) < 4.78 is 13.1. The van der Waals surface area contributed by atoms with Gasteiger partial charge in [0.15, 0.2) is 0 Å². The molecule has 0 aliphatic carbocycles. The van der Waals surface area contributed by atoms with E-state index in [1.165, 1.54) is 12.1 Å². The first-order chi connectivity index (χ1) is 9.72. The third kappa shape index (κ3) is 2.71. The van der Waals surface area contributed by atoms with E-state index in [1.807, 2.05) is 11.0 Å². The zero-order valence-corrected chi connectivity index (χ0v) is 11.1. The Labute approximate surface area is 116 Å². The largest absolute Gasteiger partial charge is 0.347 e. The van der Waals surface area contributed by atoms with Crippen molar-refractivity contribution >= 4 is 5.91 Å². The third-order valence-electron chi connectivity index (χ3n) is 3.64. The van der Waals surface area contributed by atoms with Gasteiger partial charge in [0.05, 0.1) is 24.3 Å². The normalized spacial score (nSPS) is 14.2. The predicted molar refractivity (Wildman–Crippen MR) is 72.4 cm³/mol. The average molecular weight is 273 g/mol. The molecule has 0 atom stereocenters. The number of aromatic amines is 1. The fourth-order valence-corrected chi connectivity index (χ4v) is 2.53. The zero-order chi connectivity index (χ0) is 13.9. The minimum atomic E-state index is -0.255. The molecule has 1 N–H and O–H groups in total. The molecule has 20 heavy (non-hydrogen) atoms. The number of imidazole rings is 1. The maximum absolute atomic E-state index is 13.1. The molecule has 1 aliphatic rings. The Bertz CT molecular complexity index is 623. The molecule has 0 saturated heterocycles. The third-order valence-corrected chi connectivity index (χ3v) is 3.64. The number of benzene rings is 1. The van der Waals surface area contributed by atoms with E-state index < -0.39 is 0 Å². The minimum absolute atomic E-state index is 0.106. The molecular weight excluding hydrogens is 257 g/mol. The summed E-state index contributed by atoms with van der Waals surface area (Å²) in [5.41, 5.74) is 2.94. The highest BCUT2D eigenvalue weighted by molar-refractivity contribution is 5.76. The van der Waals surface area contributed by atoms with E-state index in [-0.39, 0.29) is 11.7 Å². The second-order valence-electron chi connectivity index (χ2n) is 5.02. The van der Waals surface area contributed by atoms with Gasteiger partial charge in [-0.3, -0.25) is 4.79 Å². The maximum atomic E-state index is 13.1. The van der Waals surface area contributed by atoms with Crippen LogP contribution in [0, 0.1) is 5.82 Å². The van der Waals surface area contributed by atoms with Crippen molar-refractivity contribution in [3.05, 3.63) is 53.4 Å². The molecule has 0 radical (unpaired) electrons. The SMILES string of the molecule is O=C(CCc1cccc(F)c1)N1CCc2nc[nH]c2C1. The van der Waals surface area contributed by atoms with Gasteiger partial charge in [0.1, 0.15) is 5.82 Å². The number of aromatic nitrogens is 2. The number of fused-ring (bicyclic) bond motifs is 1. The molecule has 3 rings (SSSR count). The van der Waals surface area contributed by atoms with Gasteiger partial charge in [0.25, 0.3) is 0 Å². The van der Waals surface area contributed by atoms with Gasteiger partial charge in [0.2, 0.25) is 5.91 Å². The van der Waals surface area contributed by atoms with E-state index in [1.54, 1.807) is 12.4 Å². The molecule has 0 spiro atoms. The second kappa shape index (κ2) is 5.45. The lowest BCUT2D eigenvalue weighted by atomic mass is 10.1. The summed E-state index contributed by atoms with van der Waals surface area (Å²) in [6.45, 7) is 1.30. The van der Waals surface area contributed by atoms with Crippen LogP contribution in [0.25, 0.3) is 0 Å². The first kappa shape index (κ1) is 12.8. The van der Waals surface area contributed by atoms with Gasteiger partial charge < -0.3 is 9.88 Å². The van der Waals surface area contributed by atoms with Crippen LogP contribution in [-0.4, -0.2) is 27.3 Å². The smallest absolute Gasteiger partial charge is 0.223 e. The number of hydrogen-bond acceptors (Lipinski definition) is 2. The number of nitrogens with one attached hydrogen (secondary N) is 1. The molecule has 2 heterocycles. The Morgan fingerprint density at radius 1 is 1.45 bits per heavy atom. The molecule has 1 aliphatic heterocycles. The molecule has 0 saturated carbocycles. The van der Waals surface area contributed by atoms with Crippen LogP contribution in [0.4, 0.5) is 4.39 Å². The summed E-state index contributed by atoms with van der Waals surface area (Å²) in [5, 5.41) is 0. The summed E-state index contributed by atoms with van der Waals surface area (Å²) in [6, 6.07) is 6.42. The van der Waals surface area contributed by atoms with Gasteiger partial charge in [-0.1, -0.05) is 12.1 Å². The number of halogens is 1. The average Bonchev–Trinajstić information content (AvgIpc) is 2.92. The van der Waals surface area contributed by atoms with Crippen LogP contribution in [0.2, 0.25) is 0 Å². The van der Waals surface area contributed by atoms with E-state index in [9.17, 15) is 9.18 Å². The van der Waals surface area contributed by atoms with Crippen LogP contribution < -0.4 is 0 Å². The number of H-pyrrole nitrogens is 1. The first-order valence-electron chi connectivity index (χ1n) is 6.76. The van der Waals surface area contributed by atoms with Crippen LogP contribution in [-0.2, 0) is 24.2 Å². The van der Waals surface area contributed by atoms with Crippen LogP contribution >= 0.6 is 0 Å². The summed E-state index contributed by atoms with van der Waals surface area (Å²) >= 11 is 0. The molecule has 1 aromatic carbocycles. The van der Waals surface area contributed by atoms with Crippen molar-refractivity contribution in [2.75, 3.05) is 6.54 Å². The molecule has 4 nitrogen and oxygen atoms in total. The molecule has 0 unspecified atom stereocenters. The summed E-state index contributed by atoms with van der Waals surface area (Å²) in [7, 11) is 0. The Hall–Kier alpha value is -2.17. The van der Waals surface area contributed by atoms with Gasteiger partial charge in [0, 0.05) is 19.4 Å². The molecule has 2 aromatic rings. The Kier molecular flexibility index (Phi) is 3.50. The minimum Gasteiger partial charge on any atom is -0.347 e. The van der Waals surface area contributed by atoms with E-state index in [0.717, 1.165) is 23.4 Å². The van der Waals surface area contributed by atoms with Gasteiger partial charge >= 0.3 is 0 Å². The van der Waals surface area contributed by atoms with Gasteiger partial charge in [-0.15, -0.1) is 0 Å². The molecule has 1 amide bonds. The van der Waals surface area contributed by atoms with Crippen molar-refractivity contribution in [3.8, 4) is 0 Å². The summed E-state index contributed by atoms with van der Waals surface area (Å²) in [5.74, 6) is -0.149. The zero-order valence-electron chi connectivity index (χ0n) is 11.1. The number of rotatable bonds is 3. The maximum Gasteiger partial charge on any atom is 0.223 e. The van der Waals surface area contributed by atoms with Crippen molar-refractivity contribution < 1.29 is 9.18 Å². The lowest BCUT2D eigenvalue weighted by Crippen LogP contribution is -2.36. The molecule has 5 heteroatoms. The number of nitrogens with zero attached hydrogens (tertiary/aromatic N) is 2. The molecular formula is C15H16FN3O. The number of aryl methyl sites for hydroxylation is 1. The van der Waals surface area contributed by atoms with Crippen molar-refractivity contribution in [2.45, 2.75) is 25.8 Å². The van der Waals surface area contributed by atoms with E-state index in [4.69, 9.17) is 0 Å². The van der Waals surface area contributed by atoms with Crippen LogP contribution in [0.15, 0.2) is 30.6 Å². The van der Waals surface area contributed by atoms with Crippen LogP contribution in [0.3, 0.4) is 0 Å². The fraction of sp³-hybridized carbons (Fsp3) is 0.333. The van der Waals surface area contributed by atoms with Crippen molar-refractivity contribution in [3.63, 3.8) is 0 Å².